The van der Waals surface area contributed by atoms with Crippen molar-refractivity contribution in [3.05, 3.63) is 11.6 Å². The maximum absolute atomic E-state index is 5.58. The molecule has 0 aromatic carbocycles. The highest BCUT2D eigenvalue weighted by atomic mass is 16.5. The van der Waals surface area contributed by atoms with Crippen LogP contribution in [0.5, 0.6) is 0 Å². The number of aromatic nitrogens is 3. The fourth-order valence-corrected chi connectivity index (χ4v) is 1.86. The first-order valence-corrected chi connectivity index (χ1v) is 5.10. The van der Waals surface area contributed by atoms with E-state index in [1.807, 2.05) is 0 Å². The molecule has 1 unspecified atom stereocenters. The Labute approximate surface area is 83.3 Å². The molecule has 1 atom stereocenters. The van der Waals surface area contributed by atoms with E-state index in [4.69, 9.17) is 10.5 Å². The van der Waals surface area contributed by atoms with Crippen molar-refractivity contribution in [3.8, 4) is 0 Å². The predicted molar refractivity (Wildman–Crippen MR) is 51.5 cm³/mol. The molecule has 1 aromatic heterocycles. The molecule has 0 bridgehead atoms. The van der Waals surface area contributed by atoms with Crippen molar-refractivity contribution >= 4 is 0 Å². The summed E-state index contributed by atoms with van der Waals surface area (Å²) in [4.78, 5) is 0. The van der Waals surface area contributed by atoms with E-state index in [1.165, 1.54) is 0 Å². The molecule has 1 fully saturated rings. The summed E-state index contributed by atoms with van der Waals surface area (Å²) in [6.07, 6.45) is 2.28. The van der Waals surface area contributed by atoms with E-state index in [2.05, 4.69) is 21.7 Å². The Kier molecular flexibility index (Phi) is 2.79. The van der Waals surface area contributed by atoms with Gasteiger partial charge in [-0.2, -0.15) is 0 Å². The van der Waals surface area contributed by atoms with Crippen molar-refractivity contribution < 1.29 is 4.74 Å². The molecule has 14 heavy (non-hydrogen) atoms. The lowest BCUT2D eigenvalue weighted by Crippen LogP contribution is -2.12. The average molecular weight is 196 g/mol. The van der Waals surface area contributed by atoms with Crippen molar-refractivity contribution in [3.63, 3.8) is 0 Å². The Bertz CT molecular complexity index is 304. The summed E-state index contributed by atoms with van der Waals surface area (Å²) < 4.78 is 7.63. The maximum Gasteiger partial charge on any atom is 0.162 e. The van der Waals surface area contributed by atoms with Crippen LogP contribution in [0.25, 0.3) is 0 Å². The molecule has 2 N–H and O–H groups in total. The fraction of sp³-hybridized carbons (Fsp3) is 0.778. The van der Waals surface area contributed by atoms with Crippen molar-refractivity contribution in [2.75, 3.05) is 6.61 Å². The second-order valence-corrected chi connectivity index (χ2v) is 3.42. The SMILES string of the molecule is CCn1c(CN)nnc1C1CCCO1. The summed E-state index contributed by atoms with van der Waals surface area (Å²) in [5.41, 5.74) is 5.57. The fourth-order valence-electron chi connectivity index (χ4n) is 1.86. The Hall–Kier alpha value is -0.940. The van der Waals surface area contributed by atoms with Gasteiger partial charge in [-0.3, -0.25) is 0 Å². The molecule has 0 aliphatic carbocycles. The van der Waals surface area contributed by atoms with Gasteiger partial charge in [0, 0.05) is 13.2 Å². The Balaban J connectivity index is 2.27. The molecule has 0 saturated carbocycles. The zero-order chi connectivity index (χ0) is 9.97. The van der Waals surface area contributed by atoms with Crippen LogP contribution in [0.3, 0.4) is 0 Å². The highest BCUT2D eigenvalue weighted by Gasteiger charge is 2.24. The van der Waals surface area contributed by atoms with Gasteiger partial charge in [-0.1, -0.05) is 0 Å². The van der Waals surface area contributed by atoms with E-state index < -0.39 is 0 Å². The van der Waals surface area contributed by atoms with Gasteiger partial charge in [0.1, 0.15) is 11.9 Å². The molecular formula is C9H16N4O. The molecule has 1 aliphatic rings. The van der Waals surface area contributed by atoms with Gasteiger partial charge in [-0.15, -0.1) is 10.2 Å². The van der Waals surface area contributed by atoms with Gasteiger partial charge in [-0.25, -0.2) is 0 Å². The zero-order valence-electron chi connectivity index (χ0n) is 8.44. The summed E-state index contributed by atoms with van der Waals surface area (Å²) >= 11 is 0. The monoisotopic (exact) mass is 196 g/mol. The van der Waals surface area contributed by atoms with Gasteiger partial charge in [-0.05, 0) is 19.8 Å². The summed E-state index contributed by atoms with van der Waals surface area (Å²) in [5.74, 6) is 1.78. The number of hydrogen-bond acceptors (Lipinski definition) is 4. The maximum atomic E-state index is 5.58. The standard InChI is InChI=1S/C9H16N4O/c1-2-13-8(6-10)11-12-9(13)7-4-3-5-14-7/h7H,2-6,10H2,1H3. The lowest BCUT2D eigenvalue weighted by atomic mass is 10.2. The molecule has 1 aromatic rings. The van der Waals surface area contributed by atoms with Crippen LogP contribution in [0.2, 0.25) is 0 Å². The van der Waals surface area contributed by atoms with Crippen LogP contribution < -0.4 is 5.73 Å². The number of ether oxygens (including phenoxy) is 1. The Morgan fingerprint density at radius 3 is 3.00 bits per heavy atom. The molecule has 78 valence electrons. The quantitative estimate of drug-likeness (QED) is 0.769. The number of rotatable bonds is 3. The second kappa shape index (κ2) is 4.06. The van der Waals surface area contributed by atoms with Crippen molar-refractivity contribution in [1.82, 2.24) is 14.8 Å². The van der Waals surface area contributed by atoms with E-state index in [9.17, 15) is 0 Å². The third-order valence-corrected chi connectivity index (χ3v) is 2.57. The summed E-state index contributed by atoms with van der Waals surface area (Å²) in [6, 6.07) is 0. The summed E-state index contributed by atoms with van der Waals surface area (Å²) in [7, 11) is 0. The van der Waals surface area contributed by atoms with Crippen LogP contribution >= 0.6 is 0 Å². The van der Waals surface area contributed by atoms with E-state index in [0.717, 1.165) is 37.6 Å². The minimum absolute atomic E-state index is 0.128. The smallest absolute Gasteiger partial charge is 0.162 e. The van der Waals surface area contributed by atoms with Gasteiger partial charge < -0.3 is 15.0 Å². The van der Waals surface area contributed by atoms with E-state index >= 15 is 0 Å². The number of hydrogen-bond donors (Lipinski definition) is 1. The molecule has 0 amide bonds. The minimum atomic E-state index is 0.128. The molecule has 1 aliphatic heterocycles. The van der Waals surface area contributed by atoms with Crippen LogP contribution in [0.15, 0.2) is 0 Å². The van der Waals surface area contributed by atoms with Crippen LogP contribution in [-0.2, 0) is 17.8 Å². The average Bonchev–Trinajstić information content (AvgIpc) is 2.85. The molecular weight excluding hydrogens is 180 g/mol. The van der Waals surface area contributed by atoms with Gasteiger partial charge in [0.05, 0.1) is 6.54 Å². The van der Waals surface area contributed by atoms with Gasteiger partial charge in [0.2, 0.25) is 0 Å². The van der Waals surface area contributed by atoms with Gasteiger partial charge >= 0.3 is 0 Å². The third kappa shape index (κ3) is 1.53. The highest BCUT2D eigenvalue weighted by Crippen LogP contribution is 2.27. The molecule has 0 radical (unpaired) electrons. The van der Waals surface area contributed by atoms with Crippen LogP contribution in [0.1, 0.15) is 37.5 Å². The van der Waals surface area contributed by atoms with Crippen LogP contribution in [-0.4, -0.2) is 21.4 Å². The van der Waals surface area contributed by atoms with Gasteiger partial charge in [0.15, 0.2) is 5.82 Å². The highest BCUT2D eigenvalue weighted by molar-refractivity contribution is 5.00. The molecule has 0 spiro atoms. The third-order valence-electron chi connectivity index (χ3n) is 2.57. The lowest BCUT2D eigenvalue weighted by molar-refractivity contribution is 0.101. The predicted octanol–water partition coefficient (Wildman–Crippen LogP) is 0.608. The topological polar surface area (TPSA) is 66.0 Å². The molecule has 5 heteroatoms. The summed E-state index contributed by atoms with van der Waals surface area (Å²) in [6.45, 7) is 4.20. The molecule has 1 saturated heterocycles. The Morgan fingerprint density at radius 1 is 1.57 bits per heavy atom. The first-order valence-electron chi connectivity index (χ1n) is 5.10. The first-order chi connectivity index (χ1) is 6.86. The van der Waals surface area contributed by atoms with Crippen molar-refractivity contribution in [2.24, 2.45) is 5.73 Å². The minimum Gasteiger partial charge on any atom is -0.370 e. The van der Waals surface area contributed by atoms with E-state index in [0.29, 0.717) is 6.54 Å². The van der Waals surface area contributed by atoms with E-state index in [1.54, 1.807) is 0 Å². The number of nitrogens with two attached hydrogens (primary N) is 1. The summed E-state index contributed by atoms with van der Waals surface area (Å²) in [5, 5.41) is 8.21. The van der Waals surface area contributed by atoms with Crippen LogP contribution in [0, 0.1) is 0 Å². The second-order valence-electron chi connectivity index (χ2n) is 3.42. The molecule has 2 heterocycles. The lowest BCUT2D eigenvalue weighted by Gasteiger charge is -2.10. The van der Waals surface area contributed by atoms with Gasteiger partial charge in [0.25, 0.3) is 0 Å². The van der Waals surface area contributed by atoms with E-state index in [-0.39, 0.29) is 6.10 Å². The van der Waals surface area contributed by atoms with Crippen molar-refractivity contribution in [2.45, 2.75) is 39.0 Å². The molecule has 5 nitrogen and oxygen atoms in total. The zero-order valence-corrected chi connectivity index (χ0v) is 8.44. The first kappa shape index (κ1) is 9.61. The largest absolute Gasteiger partial charge is 0.370 e. The normalized spacial score (nSPS) is 21.7. The van der Waals surface area contributed by atoms with Crippen molar-refractivity contribution in [1.29, 1.82) is 0 Å². The van der Waals surface area contributed by atoms with Crippen LogP contribution in [0.4, 0.5) is 0 Å². The number of nitrogens with zero attached hydrogens (tertiary/aromatic N) is 3. The Morgan fingerprint density at radius 2 is 2.43 bits per heavy atom. The molecule has 2 rings (SSSR count).